The van der Waals surface area contributed by atoms with E-state index in [-0.39, 0.29) is 18.4 Å². The van der Waals surface area contributed by atoms with Gasteiger partial charge in [-0.15, -0.1) is 0 Å². The molecule has 0 saturated carbocycles. The monoisotopic (exact) mass is 514 g/mol. The van der Waals surface area contributed by atoms with Gasteiger partial charge in [0.2, 0.25) is 0 Å². The van der Waals surface area contributed by atoms with Crippen LogP contribution >= 0.6 is 0 Å². The van der Waals surface area contributed by atoms with Crippen LogP contribution in [0.5, 0.6) is 6.01 Å². The quantitative estimate of drug-likeness (QED) is 0.495. The third-order valence-corrected chi connectivity index (χ3v) is 7.56. The molecule has 1 aromatic carbocycles. The average Bonchev–Trinajstić information content (AvgIpc) is 3.28. The van der Waals surface area contributed by atoms with E-state index < -0.39 is 17.9 Å². The van der Waals surface area contributed by atoms with Crippen LogP contribution in [0.2, 0.25) is 0 Å². The van der Waals surface area contributed by atoms with E-state index in [1.54, 1.807) is 16.9 Å². The number of hydrogen-bond donors (Lipinski definition) is 0. The van der Waals surface area contributed by atoms with Gasteiger partial charge in [0.05, 0.1) is 24.9 Å². The van der Waals surface area contributed by atoms with Crippen LogP contribution in [0.3, 0.4) is 0 Å². The lowest BCUT2D eigenvalue weighted by molar-refractivity contribution is -0.191. The highest BCUT2D eigenvalue weighted by Gasteiger charge is 2.33. The highest BCUT2D eigenvalue weighted by molar-refractivity contribution is 5.81. The van der Waals surface area contributed by atoms with E-state index in [0.29, 0.717) is 54.2 Å². The molecule has 0 bridgehead atoms. The Bertz CT molecular complexity index is 1260. The van der Waals surface area contributed by atoms with Crippen LogP contribution < -0.4 is 9.64 Å². The molecule has 3 fully saturated rings. The zero-order chi connectivity index (χ0) is 25.5. The van der Waals surface area contributed by atoms with Gasteiger partial charge in [-0.05, 0) is 57.0 Å². The fourth-order valence-electron chi connectivity index (χ4n) is 5.44. The molecule has 2 aromatic heterocycles. The molecule has 3 unspecified atom stereocenters. The molecule has 0 N–H and O–H groups in total. The van der Waals surface area contributed by atoms with Gasteiger partial charge in [0.1, 0.15) is 17.8 Å². The van der Waals surface area contributed by atoms with E-state index >= 15 is 4.39 Å². The normalized spacial score (nSPS) is 25.4. The maximum atomic E-state index is 15.0. The molecule has 3 aliphatic rings. The summed E-state index contributed by atoms with van der Waals surface area (Å²) in [6, 6.07) is 5.19. The summed E-state index contributed by atoms with van der Waals surface area (Å²) in [4.78, 5) is 13.0. The number of piperidine rings is 1. The number of hydrogen-bond acceptors (Lipinski definition) is 8. The maximum absolute atomic E-state index is 15.0. The average molecular weight is 515 g/mol. The molecule has 3 saturated heterocycles. The van der Waals surface area contributed by atoms with E-state index in [9.17, 15) is 4.39 Å². The summed E-state index contributed by atoms with van der Waals surface area (Å²) < 4.78 is 48.7. The van der Waals surface area contributed by atoms with Crippen LogP contribution in [-0.2, 0) is 9.47 Å². The number of methoxy groups -OCH3 is 1. The highest BCUT2D eigenvalue weighted by atomic mass is 19.1. The zero-order valence-corrected chi connectivity index (χ0v) is 21.1. The van der Waals surface area contributed by atoms with Gasteiger partial charge in [-0.2, -0.15) is 15.1 Å². The van der Waals surface area contributed by atoms with Crippen molar-refractivity contribution in [2.75, 3.05) is 51.8 Å². The summed E-state index contributed by atoms with van der Waals surface area (Å²) in [6.07, 6.45) is 4.11. The van der Waals surface area contributed by atoms with Crippen LogP contribution in [0.15, 0.2) is 24.4 Å². The second-order valence-corrected chi connectivity index (χ2v) is 10.2. The van der Waals surface area contributed by atoms with Crippen LogP contribution in [0.4, 0.5) is 14.6 Å². The summed E-state index contributed by atoms with van der Waals surface area (Å²) in [5.74, 6) is 0.287. The van der Waals surface area contributed by atoms with E-state index in [4.69, 9.17) is 14.2 Å². The molecule has 3 aromatic rings. The van der Waals surface area contributed by atoms with E-state index in [1.165, 1.54) is 13.2 Å². The number of alkyl halides is 1. The fraction of sp³-hybridized carbons (Fsp3) is 0.577. The van der Waals surface area contributed by atoms with Crippen molar-refractivity contribution in [2.45, 2.75) is 50.2 Å². The Hall–Kier alpha value is -2.89. The summed E-state index contributed by atoms with van der Waals surface area (Å²) >= 11 is 0. The Labute approximate surface area is 214 Å². The third kappa shape index (κ3) is 4.87. The topological polar surface area (TPSA) is 77.8 Å². The van der Waals surface area contributed by atoms with Gasteiger partial charge in [0.25, 0.3) is 0 Å². The van der Waals surface area contributed by atoms with Crippen molar-refractivity contribution >= 4 is 16.7 Å². The van der Waals surface area contributed by atoms with Crippen molar-refractivity contribution in [1.29, 1.82) is 0 Å². The number of aromatic nitrogens is 4. The number of ether oxygens (including phenoxy) is 3. The van der Waals surface area contributed by atoms with E-state index in [0.717, 1.165) is 32.4 Å². The molecule has 3 aliphatic heterocycles. The predicted octanol–water partition coefficient (Wildman–Crippen LogP) is 3.45. The number of benzene rings is 1. The lowest BCUT2D eigenvalue weighted by Crippen LogP contribution is -2.54. The molecule has 3 atom stereocenters. The Balaban J connectivity index is 1.27. The number of rotatable bonds is 6. The second kappa shape index (κ2) is 10.1. The Morgan fingerprint density at radius 3 is 2.65 bits per heavy atom. The third-order valence-electron chi connectivity index (χ3n) is 7.56. The van der Waals surface area contributed by atoms with Crippen molar-refractivity contribution in [2.24, 2.45) is 0 Å². The summed E-state index contributed by atoms with van der Waals surface area (Å²) in [5, 5.41) is 5.10. The zero-order valence-electron chi connectivity index (χ0n) is 21.1. The molecule has 0 amide bonds. The smallest absolute Gasteiger partial charge is 0.320 e. The summed E-state index contributed by atoms with van der Waals surface area (Å²) in [5.41, 5.74) is 1.04. The van der Waals surface area contributed by atoms with Gasteiger partial charge >= 0.3 is 6.01 Å². The van der Waals surface area contributed by atoms with E-state index in [1.807, 2.05) is 18.0 Å². The molecule has 198 valence electrons. The lowest BCUT2D eigenvalue weighted by atomic mass is 9.87. The van der Waals surface area contributed by atoms with Crippen molar-refractivity contribution < 1.29 is 23.0 Å². The summed E-state index contributed by atoms with van der Waals surface area (Å²) in [6.45, 7) is 3.13. The molecule has 0 aliphatic carbocycles. The van der Waals surface area contributed by atoms with Crippen LogP contribution in [-0.4, -0.2) is 90.2 Å². The van der Waals surface area contributed by atoms with Crippen LogP contribution in [0.25, 0.3) is 16.7 Å². The van der Waals surface area contributed by atoms with Gasteiger partial charge in [-0.1, -0.05) is 0 Å². The minimum atomic E-state index is -1.13. The maximum Gasteiger partial charge on any atom is 0.320 e. The fourth-order valence-corrected chi connectivity index (χ4v) is 5.44. The first-order chi connectivity index (χ1) is 18.0. The van der Waals surface area contributed by atoms with Crippen molar-refractivity contribution in [3.63, 3.8) is 0 Å². The number of likely N-dealkylation sites (tertiary alicyclic amines) is 1. The highest BCUT2D eigenvalue weighted by Crippen LogP contribution is 2.35. The summed E-state index contributed by atoms with van der Waals surface area (Å²) in [7, 11) is 3.40. The first-order valence-corrected chi connectivity index (χ1v) is 12.9. The largest absolute Gasteiger partial charge is 0.467 e. The molecule has 6 rings (SSSR count). The Morgan fingerprint density at radius 1 is 1.05 bits per heavy atom. The molecule has 9 nitrogen and oxygen atoms in total. The van der Waals surface area contributed by atoms with Crippen molar-refractivity contribution in [3.05, 3.63) is 35.8 Å². The molecule has 0 spiro atoms. The van der Waals surface area contributed by atoms with Crippen molar-refractivity contribution in [1.82, 2.24) is 24.6 Å². The molecular formula is C26H32F2N6O3. The number of nitrogens with zero attached hydrogens (tertiary/aromatic N) is 6. The number of halogens is 2. The SMILES string of the molecule is COc1nc(N2CC(OC3CCCCO3)C2)cc(-n2ncc3cc(F)c(C4CCN(C)CC4F)cc32)n1. The van der Waals surface area contributed by atoms with Crippen LogP contribution in [0, 0.1) is 5.82 Å². The van der Waals surface area contributed by atoms with E-state index in [2.05, 4.69) is 20.0 Å². The molecule has 11 heteroatoms. The van der Waals surface area contributed by atoms with Gasteiger partial charge in [-0.3, -0.25) is 0 Å². The standard InChI is InChI=1S/C26H32F2N6O3/c1-32-7-6-18(21(28)15-32)19-10-22-16(9-20(19)27)12-29-34(22)24-11-23(30-26(31-24)35-2)33-13-17(14-33)37-25-5-3-4-8-36-25/h9-12,17-18,21,25H,3-8,13-15H2,1-2H3. The van der Waals surface area contributed by atoms with Gasteiger partial charge in [-0.25, -0.2) is 13.5 Å². The van der Waals surface area contributed by atoms with Gasteiger partial charge < -0.3 is 24.0 Å². The van der Waals surface area contributed by atoms with Gasteiger partial charge in [0.15, 0.2) is 12.1 Å². The van der Waals surface area contributed by atoms with Crippen molar-refractivity contribution in [3.8, 4) is 11.8 Å². The van der Waals surface area contributed by atoms with Gasteiger partial charge in [0, 0.05) is 43.6 Å². The number of fused-ring (bicyclic) bond motifs is 1. The second-order valence-electron chi connectivity index (χ2n) is 10.2. The van der Waals surface area contributed by atoms with Crippen LogP contribution in [0.1, 0.15) is 37.2 Å². The lowest BCUT2D eigenvalue weighted by Gasteiger charge is -2.41. The molecular weight excluding hydrogens is 482 g/mol. The Kier molecular flexibility index (Phi) is 6.68. The predicted molar refractivity (Wildman–Crippen MR) is 134 cm³/mol. The first-order valence-electron chi connectivity index (χ1n) is 12.9. The molecule has 0 radical (unpaired) electrons. The Morgan fingerprint density at radius 2 is 1.89 bits per heavy atom. The first kappa shape index (κ1) is 24.4. The minimum absolute atomic E-state index is 0.0757. The molecule has 5 heterocycles. The number of anilines is 1. The molecule has 37 heavy (non-hydrogen) atoms. The minimum Gasteiger partial charge on any atom is -0.467 e.